The number of likely N-dealkylation sites (N-methyl/N-ethyl adjacent to an activating group) is 1. The zero-order valence-corrected chi connectivity index (χ0v) is 18.5. The normalized spacial score (nSPS) is 15.3. The summed E-state index contributed by atoms with van der Waals surface area (Å²) in [4.78, 5) is 2.00. The van der Waals surface area contributed by atoms with Crippen LogP contribution in [0.15, 0.2) is 50.6 Å². The molecule has 1 aliphatic rings. The summed E-state index contributed by atoms with van der Waals surface area (Å²) in [5.74, 6) is 1.26. The lowest BCUT2D eigenvalue weighted by Crippen LogP contribution is -2.36. The summed E-state index contributed by atoms with van der Waals surface area (Å²) in [6, 6.07) is 8.88. The van der Waals surface area contributed by atoms with Crippen molar-refractivity contribution in [3.8, 4) is 0 Å². The molecule has 29 heavy (non-hydrogen) atoms. The van der Waals surface area contributed by atoms with Gasteiger partial charge in [0.2, 0.25) is 20.0 Å². The third kappa shape index (κ3) is 5.67. The highest BCUT2D eigenvalue weighted by atomic mass is 32.2. The van der Waals surface area contributed by atoms with Gasteiger partial charge >= 0.3 is 0 Å². The third-order valence-corrected chi connectivity index (χ3v) is 7.99. The molecule has 1 heterocycles. The number of aryl methyl sites for hydroxylation is 1. The first-order valence-electron chi connectivity index (χ1n) is 9.40. The largest absolute Gasteiger partial charge is 0.465 e. The Balaban J connectivity index is 1.83. The molecule has 0 radical (unpaired) electrons. The van der Waals surface area contributed by atoms with E-state index in [-0.39, 0.29) is 28.9 Å². The molecule has 1 saturated carbocycles. The van der Waals surface area contributed by atoms with E-state index in [0.29, 0.717) is 18.1 Å². The summed E-state index contributed by atoms with van der Waals surface area (Å²) in [5.41, 5.74) is 0. The van der Waals surface area contributed by atoms with Crippen LogP contribution in [0.25, 0.3) is 0 Å². The van der Waals surface area contributed by atoms with Crippen LogP contribution in [0.4, 0.5) is 0 Å². The highest BCUT2D eigenvalue weighted by molar-refractivity contribution is 7.89. The Kier molecular flexibility index (Phi) is 6.49. The second-order valence-corrected chi connectivity index (χ2v) is 11.2. The molecule has 0 spiro atoms. The number of hydrogen-bond donors (Lipinski definition) is 1. The molecule has 1 fully saturated rings. The van der Waals surface area contributed by atoms with Gasteiger partial charge in [0.15, 0.2) is 0 Å². The Hall–Kier alpha value is -1.72. The molecule has 160 valence electrons. The number of hydrogen-bond acceptors (Lipinski definition) is 6. The maximum Gasteiger partial charge on any atom is 0.243 e. The maximum absolute atomic E-state index is 13.2. The molecule has 1 N–H and O–H groups in total. The van der Waals surface area contributed by atoms with Gasteiger partial charge in [-0.2, -0.15) is 4.31 Å². The summed E-state index contributed by atoms with van der Waals surface area (Å²) in [5, 5.41) is 0. The molecule has 0 aliphatic heterocycles. The number of rotatable bonds is 10. The number of benzene rings is 1. The Bertz CT molecular complexity index is 1040. The predicted molar refractivity (Wildman–Crippen MR) is 109 cm³/mol. The Morgan fingerprint density at radius 3 is 2.10 bits per heavy atom. The van der Waals surface area contributed by atoms with Crippen molar-refractivity contribution in [3.05, 3.63) is 47.9 Å². The molecule has 0 saturated heterocycles. The van der Waals surface area contributed by atoms with Gasteiger partial charge in [0, 0.05) is 19.1 Å². The van der Waals surface area contributed by atoms with E-state index in [1.807, 2.05) is 19.0 Å². The molecule has 2 aromatic rings. The molecular formula is C19H27N3O5S2. The average Bonchev–Trinajstić information content (AvgIpc) is 3.36. The van der Waals surface area contributed by atoms with Gasteiger partial charge in [-0.1, -0.05) is 0 Å². The van der Waals surface area contributed by atoms with Crippen molar-refractivity contribution in [1.82, 2.24) is 13.9 Å². The fourth-order valence-corrected chi connectivity index (χ4v) is 5.47. The van der Waals surface area contributed by atoms with Gasteiger partial charge < -0.3 is 9.32 Å². The first-order valence-corrected chi connectivity index (χ1v) is 12.3. The van der Waals surface area contributed by atoms with E-state index >= 15 is 0 Å². The lowest BCUT2D eigenvalue weighted by atomic mass is 10.4. The highest BCUT2D eigenvalue weighted by Gasteiger charge is 2.29. The summed E-state index contributed by atoms with van der Waals surface area (Å²) < 4.78 is 60.5. The Morgan fingerprint density at radius 1 is 0.966 bits per heavy atom. The molecule has 3 rings (SSSR count). The van der Waals surface area contributed by atoms with Gasteiger partial charge in [0.1, 0.15) is 11.5 Å². The molecule has 1 aromatic heterocycles. The van der Waals surface area contributed by atoms with E-state index in [2.05, 4.69) is 4.72 Å². The molecule has 0 amide bonds. The first-order chi connectivity index (χ1) is 13.6. The van der Waals surface area contributed by atoms with Crippen molar-refractivity contribution in [2.75, 3.05) is 27.2 Å². The fourth-order valence-electron chi connectivity index (χ4n) is 2.77. The zero-order valence-electron chi connectivity index (χ0n) is 16.8. The average molecular weight is 442 g/mol. The van der Waals surface area contributed by atoms with Crippen molar-refractivity contribution < 1.29 is 21.3 Å². The van der Waals surface area contributed by atoms with E-state index in [4.69, 9.17) is 4.42 Å². The van der Waals surface area contributed by atoms with Crippen LogP contribution in [0.1, 0.15) is 24.4 Å². The quantitative estimate of drug-likeness (QED) is 0.603. The Labute approximate surface area is 172 Å². The van der Waals surface area contributed by atoms with Crippen LogP contribution in [0.2, 0.25) is 0 Å². The predicted octanol–water partition coefficient (Wildman–Crippen LogP) is 1.78. The molecule has 1 aliphatic carbocycles. The number of nitrogens with zero attached hydrogens (tertiary/aromatic N) is 2. The van der Waals surface area contributed by atoms with Gasteiger partial charge in [0.25, 0.3) is 0 Å². The minimum Gasteiger partial charge on any atom is -0.465 e. The second-order valence-electron chi connectivity index (χ2n) is 7.52. The lowest BCUT2D eigenvalue weighted by Gasteiger charge is -2.23. The van der Waals surface area contributed by atoms with Crippen LogP contribution in [0.5, 0.6) is 0 Å². The van der Waals surface area contributed by atoms with Crippen LogP contribution >= 0.6 is 0 Å². The first kappa shape index (κ1) is 22.0. The molecule has 0 atom stereocenters. The van der Waals surface area contributed by atoms with Gasteiger partial charge in [0.05, 0.1) is 16.3 Å². The molecule has 8 nitrogen and oxygen atoms in total. The van der Waals surface area contributed by atoms with E-state index in [1.54, 1.807) is 19.1 Å². The van der Waals surface area contributed by atoms with Crippen molar-refractivity contribution in [1.29, 1.82) is 0 Å². The monoisotopic (exact) mass is 441 g/mol. The minimum absolute atomic E-state index is 0.0123. The summed E-state index contributed by atoms with van der Waals surface area (Å²) in [7, 11) is -3.72. The number of furan rings is 1. The van der Waals surface area contributed by atoms with Crippen LogP contribution in [-0.4, -0.2) is 59.3 Å². The second kappa shape index (κ2) is 8.57. The topological polar surface area (TPSA) is 99.9 Å². The van der Waals surface area contributed by atoms with Crippen molar-refractivity contribution >= 4 is 20.0 Å². The van der Waals surface area contributed by atoms with Crippen LogP contribution in [0.3, 0.4) is 0 Å². The summed E-state index contributed by atoms with van der Waals surface area (Å²) in [6.07, 6.45) is 1.66. The van der Waals surface area contributed by atoms with Gasteiger partial charge in [-0.25, -0.2) is 21.6 Å². The molecule has 0 unspecified atom stereocenters. The van der Waals surface area contributed by atoms with Gasteiger partial charge in [-0.3, -0.25) is 0 Å². The SMILES string of the molecule is Cc1ccc(CN(CCN(C)C)S(=O)(=O)c2ccc(S(=O)(=O)NC3CC3)cc2)o1. The summed E-state index contributed by atoms with van der Waals surface area (Å²) in [6.45, 7) is 2.72. The fraction of sp³-hybridized carbons (Fsp3) is 0.474. The Morgan fingerprint density at radius 2 is 1.59 bits per heavy atom. The lowest BCUT2D eigenvalue weighted by molar-refractivity contribution is 0.310. The third-order valence-electron chi connectivity index (χ3n) is 4.60. The van der Waals surface area contributed by atoms with E-state index < -0.39 is 20.0 Å². The van der Waals surface area contributed by atoms with Crippen molar-refractivity contribution in [3.63, 3.8) is 0 Å². The highest BCUT2D eigenvalue weighted by Crippen LogP contribution is 2.24. The zero-order chi connectivity index (χ0) is 21.2. The summed E-state index contributed by atoms with van der Waals surface area (Å²) >= 11 is 0. The molecule has 0 bridgehead atoms. The minimum atomic E-state index is -3.83. The van der Waals surface area contributed by atoms with Crippen LogP contribution in [0, 0.1) is 6.92 Å². The smallest absolute Gasteiger partial charge is 0.243 e. The van der Waals surface area contributed by atoms with E-state index in [9.17, 15) is 16.8 Å². The van der Waals surface area contributed by atoms with E-state index in [0.717, 1.165) is 12.8 Å². The van der Waals surface area contributed by atoms with Crippen molar-refractivity contribution in [2.24, 2.45) is 0 Å². The standard InChI is InChI=1S/C19H27N3O5S2/c1-15-4-7-17(27-15)14-22(13-12-21(2)3)29(25,26)19-10-8-18(9-11-19)28(23,24)20-16-5-6-16/h4,7-11,16,20H,5-6,12-14H2,1-3H3. The number of sulfonamides is 2. The van der Waals surface area contributed by atoms with E-state index in [1.165, 1.54) is 28.6 Å². The van der Waals surface area contributed by atoms with Gasteiger partial charge in [-0.05, 0) is 70.3 Å². The molecular weight excluding hydrogens is 414 g/mol. The maximum atomic E-state index is 13.2. The molecule has 1 aromatic carbocycles. The number of nitrogens with one attached hydrogen (secondary N) is 1. The van der Waals surface area contributed by atoms with Crippen LogP contribution < -0.4 is 4.72 Å². The molecule has 10 heteroatoms. The van der Waals surface area contributed by atoms with Crippen LogP contribution in [-0.2, 0) is 26.6 Å². The van der Waals surface area contributed by atoms with Gasteiger partial charge in [-0.15, -0.1) is 0 Å². The van der Waals surface area contributed by atoms with Crippen molar-refractivity contribution in [2.45, 2.75) is 42.1 Å².